The number of halogens is 1. The third-order valence-corrected chi connectivity index (χ3v) is 5.39. The van der Waals surface area contributed by atoms with Crippen LogP contribution in [0.2, 0.25) is 0 Å². The lowest BCUT2D eigenvalue weighted by Gasteiger charge is -2.38. The zero-order valence-corrected chi connectivity index (χ0v) is 15.9. The topological polar surface area (TPSA) is 55.8 Å². The fourth-order valence-electron chi connectivity index (χ4n) is 3.72. The molecule has 0 unspecified atom stereocenters. The highest BCUT2D eigenvalue weighted by Gasteiger charge is 2.25. The van der Waals surface area contributed by atoms with Gasteiger partial charge in [-0.15, -0.1) is 0 Å². The van der Waals surface area contributed by atoms with Crippen molar-refractivity contribution in [1.29, 1.82) is 0 Å². The summed E-state index contributed by atoms with van der Waals surface area (Å²) < 4.78 is 13.1. The average molecular weight is 384 g/mol. The average Bonchev–Trinajstić information content (AvgIpc) is 2.75. The van der Waals surface area contributed by atoms with Crippen LogP contribution in [0.1, 0.15) is 0 Å². The van der Waals surface area contributed by atoms with Gasteiger partial charge in [0.25, 0.3) is 0 Å². The van der Waals surface area contributed by atoms with E-state index in [0.717, 1.165) is 50.9 Å². The van der Waals surface area contributed by atoms with Gasteiger partial charge in [0.1, 0.15) is 5.82 Å². The summed E-state index contributed by atoms with van der Waals surface area (Å²) in [6.45, 7) is 6.74. The molecular formula is C20H25FN6O. The van der Waals surface area contributed by atoms with E-state index in [0.29, 0.717) is 19.6 Å². The lowest BCUT2D eigenvalue weighted by atomic mass is 10.2. The van der Waals surface area contributed by atoms with E-state index in [1.165, 1.54) is 12.1 Å². The van der Waals surface area contributed by atoms with Gasteiger partial charge >= 0.3 is 0 Å². The van der Waals surface area contributed by atoms with Gasteiger partial charge in [-0.1, -0.05) is 0 Å². The molecular weight excluding hydrogens is 359 g/mol. The standard InChI is InChI=1S/C20H25FN6O/c21-17-2-4-18(5-3-17)25-12-14-26(15-13-25)19(28)16-24-8-10-27(11-9-24)20-22-6-1-7-23-20/h1-7H,8-16H2. The maximum Gasteiger partial charge on any atom is 0.236 e. The molecule has 1 aromatic heterocycles. The Morgan fingerprint density at radius 3 is 2.11 bits per heavy atom. The number of anilines is 2. The molecule has 1 aromatic carbocycles. The lowest BCUT2D eigenvalue weighted by Crippen LogP contribution is -2.54. The number of rotatable bonds is 4. The molecule has 0 radical (unpaired) electrons. The predicted molar refractivity (Wildman–Crippen MR) is 106 cm³/mol. The number of carbonyl (C=O) groups is 1. The quantitative estimate of drug-likeness (QED) is 0.787. The van der Waals surface area contributed by atoms with Crippen molar-refractivity contribution in [3.63, 3.8) is 0 Å². The van der Waals surface area contributed by atoms with Crippen molar-refractivity contribution in [2.24, 2.45) is 0 Å². The van der Waals surface area contributed by atoms with Crippen molar-refractivity contribution in [3.8, 4) is 0 Å². The van der Waals surface area contributed by atoms with Crippen molar-refractivity contribution in [1.82, 2.24) is 19.8 Å². The molecule has 2 aliphatic heterocycles. The van der Waals surface area contributed by atoms with Crippen LogP contribution in [0.5, 0.6) is 0 Å². The number of amides is 1. The summed E-state index contributed by atoms with van der Waals surface area (Å²) in [5.74, 6) is 0.713. The summed E-state index contributed by atoms with van der Waals surface area (Å²) in [4.78, 5) is 29.8. The zero-order chi connectivity index (χ0) is 19.3. The first-order valence-corrected chi connectivity index (χ1v) is 9.72. The smallest absolute Gasteiger partial charge is 0.236 e. The van der Waals surface area contributed by atoms with Crippen molar-refractivity contribution in [2.45, 2.75) is 0 Å². The van der Waals surface area contributed by atoms with Crippen LogP contribution in [0.15, 0.2) is 42.7 Å². The summed E-state index contributed by atoms with van der Waals surface area (Å²) in [5.41, 5.74) is 1.01. The van der Waals surface area contributed by atoms with Crippen LogP contribution in [-0.4, -0.2) is 84.6 Å². The number of benzene rings is 1. The Balaban J connectivity index is 1.22. The molecule has 148 valence electrons. The van der Waals surface area contributed by atoms with Crippen LogP contribution in [-0.2, 0) is 4.79 Å². The number of aromatic nitrogens is 2. The second-order valence-electron chi connectivity index (χ2n) is 7.16. The molecule has 0 saturated carbocycles. The fraction of sp³-hybridized carbons (Fsp3) is 0.450. The van der Waals surface area contributed by atoms with Crippen LogP contribution in [0, 0.1) is 5.82 Å². The molecule has 0 N–H and O–H groups in total. The second kappa shape index (κ2) is 8.52. The van der Waals surface area contributed by atoms with Crippen LogP contribution in [0.25, 0.3) is 0 Å². The van der Waals surface area contributed by atoms with E-state index in [2.05, 4.69) is 24.7 Å². The van der Waals surface area contributed by atoms with Gasteiger partial charge in [-0.2, -0.15) is 0 Å². The van der Waals surface area contributed by atoms with E-state index in [-0.39, 0.29) is 11.7 Å². The van der Waals surface area contributed by atoms with Crippen molar-refractivity contribution < 1.29 is 9.18 Å². The zero-order valence-electron chi connectivity index (χ0n) is 15.9. The van der Waals surface area contributed by atoms with Gasteiger partial charge < -0.3 is 14.7 Å². The Kier molecular flexibility index (Phi) is 5.66. The third kappa shape index (κ3) is 4.39. The van der Waals surface area contributed by atoms with Gasteiger partial charge in [0.2, 0.25) is 11.9 Å². The van der Waals surface area contributed by atoms with Gasteiger partial charge in [-0.3, -0.25) is 9.69 Å². The molecule has 1 amide bonds. The molecule has 2 saturated heterocycles. The Bertz CT molecular complexity index is 771. The molecule has 2 fully saturated rings. The molecule has 0 spiro atoms. The van der Waals surface area contributed by atoms with E-state index in [4.69, 9.17) is 0 Å². The summed E-state index contributed by atoms with van der Waals surface area (Å²) in [5, 5.41) is 0. The molecule has 28 heavy (non-hydrogen) atoms. The van der Waals surface area contributed by atoms with Crippen LogP contribution >= 0.6 is 0 Å². The minimum atomic E-state index is -0.225. The van der Waals surface area contributed by atoms with E-state index in [9.17, 15) is 9.18 Å². The fourth-order valence-corrected chi connectivity index (χ4v) is 3.72. The van der Waals surface area contributed by atoms with E-state index < -0.39 is 0 Å². The summed E-state index contributed by atoms with van der Waals surface area (Å²) in [6.07, 6.45) is 3.51. The van der Waals surface area contributed by atoms with Crippen LogP contribution in [0.3, 0.4) is 0 Å². The molecule has 0 aliphatic carbocycles. The summed E-state index contributed by atoms with van der Waals surface area (Å²) in [6, 6.07) is 8.36. The minimum Gasteiger partial charge on any atom is -0.368 e. The Morgan fingerprint density at radius 1 is 0.857 bits per heavy atom. The summed E-state index contributed by atoms with van der Waals surface area (Å²) >= 11 is 0. The maximum absolute atomic E-state index is 13.1. The van der Waals surface area contributed by atoms with E-state index in [1.54, 1.807) is 24.5 Å². The van der Waals surface area contributed by atoms with Gasteiger partial charge in [0, 0.05) is 70.4 Å². The third-order valence-electron chi connectivity index (χ3n) is 5.39. The van der Waals surface area contributed by atoms with Gasteiger partial charge in [0.05, 0.1) is 6.54 Å². The highest BCUT2D eigenvalue weighted by atomic mass is 19.1. The molecule has 7 nitrogen and oxygen atoms in total. The highest BCUT2D eigenvalue weighted by molar-refractivity contribution is 5.78. The van der Waals surface area contributed by atoms with Gasteiger partial charge in [0.15, 0.2) is 0 Å². The van der Waals surface area contributed by atoms with Crippen molar-refractivity contribution >= 4 is 17.5 Å². The Labute approximate surface area is 164 Å². The normalized spacial score (nSPS) is 18.4. The molecule has 2 aromatic rings. The van der Waals surface area contributed by atoms with E-state index in [1.807, 2.05) is 11.0 Å². The minimum absolute atomic E-state index is 0.183. The molecule has 3 heterocycles. The van der Waals surface area contributed by atoms with Crippen LogP contribution < -0.4 is 9.80 Å². The number of carbonyl (C=O) groups excluding carboxylic acids is 1. The van der Waals surface area contributed by atoms with Gasteiger partial charge in [-0.05, 0) is 30.3 Å². The lowest BCUT2D eigenvalue weighted by molar-refractivity contribution is -0.132. The second-order valence-corrected chi connectivity index (χ2v) is 7.16. The monoisotopic (exact) mass is 384 g/mol. The number of hydrogen-bond acceptors (Lipinski definition) is 6. The molecule has 4 rings (SSSR count). The largest absolute Gasteiger partial charge is 0.368 e. The summed E-state index contributed by atoms with van der Waals surface area (Å²) in [7, 11) is 0. The molecule has 0 atom stereocenters. The molecule has 8 heteroatoms. The number of hydrogen-bond donors (Lipinski definition) is 0. The Morgan fingerprint density at radius 2 is 1.46 bits per heavy atom. The molecule has 0 bridgehead atoms. The van der Waals surface area contributed by atoms with Crippen molar-refractivity contribution in [2.75, 3.05) is 68.7 Å². The first-order chi connectivity index (χ1) is 13.7. The first-order valence-electron chi connectivity index (χ1n) is 9.72. The first kappa shape index (κ1) is 18.6. The van der Waals surface area contributed by atoms with Gasteiger partial charge in [-0.25, -0.2) is 14.4 Å². The number of piperazine rings is 2. The number of nitrogens with zero attached hydrogens (tertiary/aromatic N) is 6. The van der Waals surface area contributed by atoms with Crippen molar-refractivity contribution in [3.05, 3.63) is 48.5 Å². The predicted octanol–water partition coefficient (Wildman–Crippen LogP) is 1.09. The Hall–Kier alpha value is -2.74. The SMILES string of the molecule is O=C(CN1CCN(c2ncccn2)CC1)N1CCN(c2ccc(F)cc2)CC1. The van der Waals surface area contributed by atoms with E-state index >= 15 is 0 Å². The molecule has 2 aliphatic rings. The highest BCUT2D eigenvalue weighted by Crippen LogP contribution is 2.17. The maximum atomic E-state index is 13.1. The van der Waals surface area contributed by atoms with Crippen LogP contribution in [0.4, 0.5) is 16.0 Å².